The van der Waals surface area contributed by atoms with Crippen LogP contribution in [0.15, 0.2) is 75.6 Å². The van der Waals surface area contributed by atoms with Crippen LogP contribution in [0.2, 0.25) is 5.02 Å². The zero-order chi connectivity index (χ0) is 24.0. The molecule has 1 saturated heterocycles. The highest BCUT2D eigenvalue weighted by atomic mass is 35.5. The first kappa shape index (κ1) is 23.1. The Hall–Kier alpha value is -3.66. The number of amides is 1. The van der Waals surface area contributed by atoms with Gasteiger partial charge in [-0.2, -0.15) is 5.10 Å². The van der Waals surface area contributed by atoms with E-state index in [2.05, 4.69) is 25.7 Å². The van der Waals surface area contributed by atoms with E-state index in [1.54, 1.807) is 12.1 Å². The maximum Gasteiger partial charge on any atom is 0.271 e. The summed E-state index contributed by atoms with van der Waals surface area (Å²) in [7, 11) is 0. The first-order valence-electron chi connectivity index (χ1n) is 11.0. The second-order valence-corrected chi connectivity index (χ2v) is 9.02. The summed E-state index contributed by atoms with van der Waals surface area (Å²) in [5.41, 5.74) is 5.68. The summed E-state index contributed by atoms with van der Waals surface area (Å²) in [5.74, 6) is 1.02. The number of nitrogens with one attached hydrogen (secondary N) is 2. The van der Waals surface area contributed by atoms with Crippen molar-refractivity contribution in [2.45, 2.75) is 0 Å². The van der Waals surface area contributed by atoms with E-state index in [1.165, 1.54) is 17.6 Å². The Bertz CT molecular complexity index is 1310. The van der Waals surface area contributed by atoms with Crippen molar-refractivity contribution in [1.29, 1.82) is 0 Å². The zero-order valence-electron chi connectivity index (χ0n) is 18.6. The Morgan fingerprint density at radius 2 is 1.83 bits per heavy atom. The van der Waals surface area contributed by atoms with Gasteiger partial charge in [-0.05, 0) is 42.5 Å². The van der Waals surface area contributed by atoms with Crippen molar-refractivity contribution in [3.63, 3.8) is 0 Å². The van der Waals surface area contributed by atoms with Gasteiger partial charge in [0, 0.05) is 46.4 Å². The lowest BCUT2D eigenvalue weighted by molar-refractivity contribution is 0.0955. The zero-order valence-corrected chi connectivity index (χ0v) is 20.2. The van der Waals surface area contributed by atoms with Crippen molar-refractivity contribution in [2.75, 3.05) is 36.5 Å². The van der Waals surface area contributed by atoms with Crippen molar-refractivity contribution in [2.24, 2.45) is 5.10 Å². The molecule has 5 rings (SSSR count). The number of carbonyl (C=O) groups is 1. The van der Waals surface area contributed by atoms with E-state index in [9.17, 15) is 4.79 Å². The molecule has 1 aliphatic heterocycles. The molecule has 0 spiro atoms. The average molecular weight is 508 g/mol. The number of nitrogens with zero attached hydrogens (tertiary/aromatic N) is 3. The monoisotopic (exact) mass is 507 g/mol. The molecule has 0 atom stereocenters. The summed E-state index contributed by atoms with van der Waals surface area (Å²) >= 11 is 7.43. The van der Waals surface area contributed by atoms with Crippen LogP contribution in [0.25, 0.3) is 11.3 Å². The van der Waals surface area contributed by atoms with Crippen molar-refractivity contribution in [3.8, 4) is 11.3 Å². The number of hydrogen-bond acceptors (Lipinski definition) is 8. The highest BCUT2D eigenvalue weighted by molar-refractivity contribution is 7.14. The number of anilines is 3. The molecule has 2 N–H and O–H groups in total. The van der Waals surface area contributed by atoms with Crippen LogP contribution in [0.1, 0.15) is 16.1 Å². The van der Waals surface area contributed by atoms with Crippen LogP contribution in [0.5, 0.6) is 0 Å². The van der Waals surface area contributed by atoms with Crippen molar-refractivity contribution < 1.29 is 13.9 Å². The number of benzene rings is 2. The van der Waals surface area contributed by atoms with Crippen LogP contribution in [0.4, 0.5) is 16.7 Å². The minimum absolute atomic E-state index is 0.309. The molecule has 178 valence electrons. The Morgan fingerprint density at radius 1 is 1.06 bits per heavy atom. The third-order valence-electron chi connectivity index (χ3n) is 5.34. The lowest BCUT2D eigenvalue weighted by Crippen LogP contribution is -2.35. The summed E-state index contributed by atoms with van der Waals surface area (Å²) in [5, 5.41) is 10.7. The second-order valence-electron chi connectivity index (χ2n) is 7.72. The van der Waals surface area contributed by atoms with E-state index in [0.717, 1.165) is 41.1 Å². The number of ether oxygens (including phenoxy) is 1. The fourth-order valence-corrected chi connectivity index (χ4v) is 4.36. The molecular weight excluding hydrogens is 486 g/mol. The number of morpholine rings is 1. The fraction of sp³-hybridized carbons (Fsp3) is 0.160. The van der Waals surface area contributed by atoms with Crippen LogP contribution < -0.4 is 15.6 Å². The first-order chi connectivity index (χ1) is 17.1. The van der Waals surface area contributed by atoms with Gasteiger partial charge in [0.1, 0.15) is 5.76 Å². The van der Waals surface area contributed by atoms with E-state index in [-0.39, 0.29) is 5.91 Å². The smallest absolute Gasteiger partial charge is 0.271 e. The highest BCUT2D eigenvalue weighted by Crippen LogP contribution is 2.28. The predicted molar refractivity (Wildman–Crippen MR) is 139 cm³/mol. The van der Waals surface area contributed by atoms with Crippen LogP contribution in [0, 0.1) is 0 Å². The van der Waals surface area contributed by atoms with E-state index >= 15 is 0 Å². The van der Waals surface area contributed by atoms with Crippen LogP contribution >= 0.6 is 22.9 Å². The van der Waals surface area contributed by atoms with Gasteiger partial charge >= 0.3 is 0 Å². The number of hydrogen-bond donors (Lipinski definition) is 2. The second kappa shape index (κ2) is 10.7. The quantitative estimate of drug-likeness (QED) is 0.257. The number of hydrazone groups is 1. The minimum atomic E-state index is -0.309. The molecule has 3 heterocycles. The number of rotatable bonds is 7. The van der Waals surface area contributed by atoms with Gasteiger partial charge in [0.05, 0.1) is 25.1 Å². The largest absolute Gasteiger partial charge is 0.440 e. The number of carbonyl (C=O) groups excluding carboxylic acids is 1. The summed E-state index contributed by atoms with van der Waals surface area (Å²) in [6.45, 7) is 2.95. The number of aromatic nitrogens is 1. The van der Waals surface area contributed by atoms with Crippen LogP contribution in [0.3, 0.4) is 0 Å². The Labute approximate surface area is 211 Å². The minimum Gasteiger partial charge on any atom is -0.440 e. The molecule has 0 saturated carbocycles. The predicted octanol–water partition coefficient (Wildman–Crippen LogP) is 5.40. The van der Waals surface area contributed by atoms with Gasteiger partial charge in [-0.1, -0.05) is 23.7 Å². The number of halogens is 1. The van der Waals surface area contributed by atoms with Gasteiger partial charge in [-0.25, -0.2) is 10.4 Å². The fourth-order valence-electron chi connectivity index (χ4n) is 3.50. The molecule has 0 bridgehead atoms. The summed E-state index contributed by atoms with van der Waals surface area (Å²) in [4.78, 5) is 19.2. The molecule has 4 aromatic rings. The summed E-state index contributed by atoms with van der Waals surface area (Å²) in [6, 6.07) is 18.4. The lowest BCUT2D eigenvalue weighted by Gasteiger charge is -2.26. The Kier molecular flexibility index (Phi) is 7.08. The molecule has 2 aromatic carbocycles. The molecule has 10 heteroatoms. The van der Waals surface area contributed by atoms with Gasteiger partial charge in [0.15, 0.2) is 11.0 Å². The van der Waals surface area contributed by atoms with Crippen LogP contribution in [-0.4, -0.2) is 43.4 Å². The van der Waals surface area contributed by atoms with Crippen molar-refractivity contribution in [3.05, 3.63) is 82.4 Å². The standard InChI is InChI=1S/C25H22ClN5O3S/c26-19-5-7-20(8-6-19)28-25-29-22(16-35-25)17-1-3-18(4-2-17)24(32)30-27-15-21-9-10-23(34-21)31-11-13-33-14-12-31/h1-10,15-16H,11-14H2,(H,28,29)(H,30,32)/b27-15-. The normalized spacial score (nSPS) is 13.8. The van der Waals surface area contributed by atoms with Crippen molar-refractivity contribution >= 4 is 51.8 Å². The van der Waals surface area contributed by atoms with E-state index in [0.29, 0.717) is 29.6 Å². The molecule has 8 nitrogen and oxygen atoms in total. The van der Waals surface area contributed by atoms with E-state index in [4.69, 9.17) is 20.8 Å². The molecular formula is C25H22ClN5O3S. The Balaban J connectivity index is 1.16. The van der Waals surface area contributed by atoms with Gasteiger partial charge in [-0.15, -0.1) is 11.3 Å². The van der Waals surface area contributed by atoms with Gasteiger partial charge in [0.2, 0.25) is 0 Å². The Morgan fingerprint density at radius 3 is 2.60 bits per heavy atom. The molecule has 1 aliphatic rings. The summed E-state index contributed by atoms with van der Waals surface area (Å²) in [6.07, 6.45) is 1.49. The number of thiazole rings is 1. The lowest BCUT2D eigenvalue weighted by atomic mass is 10.1. The molecule has 0 unspecified atom stereocenters. The average Bonchev–Trinajstić information content (AvgIpc) is 3.56. The molecule has 0 radical (unpaired) electrons. The van der Waals surface area contributed by atoms with E-state index in [1.807, 2.05) is 53.9 Å². The molecule has 2 aromatic heterocycles. The molecule has 35 heavy (non-hydrogen) atoms. The molecule has 1 fully saturated rings. The maximum absolute atomic E-state index is 12.5. The van der Waals surface area contributed by atoms with Crippen molar-refractivity contribution in [1.82, 2.24) is 10.4 Å². The third-order valence-corrected chi connectivity index (χ3v) is 6.35. The SMILES string of the molecule is O=C(N/N=C\c1ccc(N2CCOCC2)o1)c1ccc(-c2csc(Nc3ccc(Cl)cc3)n2)cc1. The molecule has 0 aliphatic carbocycles. The maximum atomic E-state index is 12.5. The first-order valence-corrected chi connectivity index (χ1v) is 12.2. The number of furan rings is 1. The van der Waals surface area contributed by atoms with Gasteiger partial charge in [0.25, 0.3) is 5.91 Å². The van der Waals surface area contributed by atoms with E-state index < -0.39 is 0 Å². The van der Waals surface area contributed by atoms with Crippen LogP contribution in [-0.2, 0) is 4.74 Å². The topological polar surface area (TPSA) is 92.0 Å². The van der Waals surface area contributed by atoms with Gasteiger partial charge in [-0.3, -0.25) is 4.79 Å². The van der Waals surface area contributed by atoms with Gasteiger partial charge < -0.3 is 19.4 Å². The third kappa shape index (κ3) is 5.89. The molecule has 1 amide bonds. The summed E-state index contributed by atoms with van der Waals surface area (Å²) < 4.78 is 11.1. The highest BCUT2D eigenvalue weighted by Gasteiger charge is 2.14.